The van der Waals surface area contributed by atoms with E-state index in [1.165, 1.54) is 0 Å². The van der Waals surface area contributed by atoms with E-state index in [4.69, 9.17) is 4.74 Å². The van der Waals surface area contributed by atoms with E-state index in [1.807, 2.05) is 0 Å². The summed E-state index contributed by atoms with van der Waals surface area (Å²) in [5.41, 5.74) is 1.04. The van der Waals surface area contributed by atoms with Crippen molar-refractivity contribution in [3.8, 4) is 5.75 Å². The maximum atomic E-state index is 11.7. The molecule has 19 heavy (non-hydrogen) atoms. The third-order valence-corrected chi connectivity index (χ3v) is 2.55. The molecular weight excluding hydrogens is 246 g/mol. The predicted molar refractivity (Wildman–Crippen MR) is 72.8 cm³/mol. The molecule has 104 valence electrons. The largest absolute Gasteiger partial charge is 0.507 e. The molecule has 0 atom stereocenters. The van der Waals surface area contributed by atoms with Crippen LogP contribution in [0.25, 0.3) is 0 Å². The zero-order chi connectivity index (χ0) is 14.8. The van der Waals surface area contributed by atoms with Crippen LogP contribution in [0.3, 0.4) is 0 Å². The molecular formula is C14H19NO4. The number of phenolic OH excluding ortho intramolecular Hbond substituents is 1. The fourth-order valence-corrected chi connectivity index (χ4v) is 1.62. The highest BCUT2D eigenvalue weighted by Crippen LogP contribution is 2.30. The fraction of sp³-hybridized carbons (Fsp3) is 0.429. The van der Waals surface area contributed by atoms with Crippen LogP contribution in [0.4, 0.5) is 10.5 Å². The minimum absolute atomic E-state index is 0.0674. The van der Waals surface area contributed by atoms with E-state index < -0.39 is 11.7 Å². The molecule has 0 aliphatic rings. The molecule has 1 aromatic rings. The molecule has 0 radical (unpaired) electrons. The summed E-state index contributed by atoms with van der Waals surface area (Å²) in [5, 5.41) is 12.3. The molecule has 0 saturated carbocycles. The second kappa shape index (κ2) is 5.30. The van der Waals surface area contributed by atoms with Crippen LogP contribution in [-0.2, 0) is 4.74 Å². The molecule has 0 fully saturated rings. The van der Waals surface area contributed by atoms with Gasteiger partial charge < -0.3 is 9.84 Å². The van der Waals surface area contributed by atoms with Crippen molar-refractivity contribution in [1.29, 1.82) is 0 Å². The molecule has 0 unspecified atom stereocenters. The number of hydrogen-bond donors (Lipinski definition) is 2. The lowest BCUT2D eigenvalue weighted by molar-refractivity contribution is 0.0635. The van der Waals surface area contributed by atoms with E-state index in [-0.39, 0.29) is 11.3 Å². The van der Waals surface area contributed by atoms with E-state index in [0.29, 0.717) is 23.1 Å². The Kier molecular flexibility index (Phi) is 4.19. The van der Waals surface area contributed by atoms with E-state index in [1.54, 1.807) is 40.7 Å². The number of anilines is 1. The normalized spacial score (nSPS) is 11.0. The first-order valence-corrected chi connectivity index (χ1v) is 5.94. The number of aryl methyl sites for hydroxylation is 1. The Balaban J connectivity index is 3.06. The first-order valence-electron chi connectivity index (χ1n) is 5.94. The summed E-state index contributed by atoms with van der Waals surface area (Å²) < 4.78 is 5.14. The van der Waals surface area contributed by atoms with E-state index >= 15 is 0 Å². The predicted octanol–water partition coefficient (Wildman–Crippen LogP) is 3.17. The summed E-state index contributed by atoms with van der Waals surface area (Å²) in [6, 6.07) is 1.60. The Bertz CT molecular complexity index is 515. The van der Waals surface area contributed by atoms with Crippen molar-refractivity contribution >= 4 is 18.1 Å². The maximum absolute atomic E-state index is 11.7. The molecule has 5 heteroatoms. The van der Waals surface area contributed by atoms with Gasteiger partial charge in [-0.25, -0.2) is 4.79 Å². The van der Waals surface area contributed by atoms with Gasteiger partial charge in [-0.1, -0.05) is 0 Å². The number of aromatic hydroxyl groups is 1. The number of phenols is 1. The van der Waals surface area contributed by atoms with Crippen molar-refractivity contribution in [3.63, 3.8) is 0 Å². The highest BCUT2D eigenvalue weighted by molar-refractivity contribution is 5.91. The van der Waals surface area contributed by atoms with Crippen molar-refractivity contribution in [2.75, 3.05) is 5.32 Å². The van der Waals surface area contributed by atoms with Crippen molar-refractivity contribution < 1.29 is 19.4 Å². The summed E-state index contributed by atoms with van der Waals surface area (Å²) in [6.07, 6.45) is -0.0321. The zero-order valence-corrected chi connectivity index (χ0v) is 11.8. The lowest BCUT2D eigenvalue weighted by atomic mass is 10.0. The molecule has 1 rings (SSSR count). The van der Waals surface area contributed by atoms with E-state index in [2.05, 4.69) is 5.32 Å². The number of rotatable bonds is 2. The second-order valence-corrected chi connectivity index (χ2v) is 5.37. The number of nitrogens with one attached hydrogen (secondary N) is 1. The van der Waals surface area contributed by atoms with Crippen LogP contribution in [0.15, 0.2) is 6.07 Å². The Morgan fingerprint density at radius 2 is 1.95 bits per heavy atom. The average Bonchev–Trinajstić information content (AvgIpc) is 2.24. The van der Waals surface area contributed by atoms with Gasteiger partial charge in [0.05, 0.1) is 5.56 Å². The van der Waals surface area contributed by atoms with Crippen LogP contribution in [0, 0.1) is 13.8 Å². The summed E-state index contributed by atoms with van der Waals surface area (Å²) in [7, 11) is 0. The van der Waals surface area contributed by atoms with Gasteiger partial charge >= 0.3 is 6.09 Å². The summed E-state index contributed by atoms with van der Waals surface area (Å²) in [5.74, 6) is -0.0674. The molecule has 0 saturated heterocycles. The van der Waals surface area contributed by atoms with E-state index in [0.717, 1.165) is 0 Å². The molecule has 0 bridgehead atoms. The molecule has 0 heterocycles. The Labute approximate surface area is 112 Å². The van der Waals surface area contributed by atoms with Gasteiger partial charge in [-0.3, -0.25) is 10.1 Å². The van der Waals surface area contributed by atoms with Crippen LogP contribution in [0.1, 0.15) is 42.3 Å². The van der Waals surface area contributed by atoms with Crippen molar-refractivity contribution in [2.45, 2.75) is 40.2 Å². The summed E-state index contributed by atoms with van der Waals surface area (Å²) in [4.78, 5) is 22.7. The summed E-state index contributed by atoms with van der Waals surface area (Å²) in [6.45, 7) is 8.59. The number of benzene rings is 1. The fourth-order valence-electron chi connectivity index (χ4n) is 1.62. The lowest BCUT2D eigenvalue weighted by Crippen LogP contribution is -2.27. The average molecular weight is 265 g/mol. The smallest absolute Gasteiger partial charge is 0.412 e. The molecule has 2 N–H and O–H groups in total. The number of hydrogen-bond acceptors (Lipinski definition) is 4. The highest BCUT2D eigenvalue weighted by atomic mass is 16.6. The Morgan fingerprint density at radius 1 is 1.37 bits per heavy atom. The number of carbonyl (C=O) groups excluding carboxylic acids is 2. The van der Waals surface area contributed by atoms with Gasteiger partial charge in [0, 0.05) is 5.69 Å². The van der Waals surface area contributed by atoms with Crippen LogP contribution in [-0.4, -0.2) is 23.1 Å². The third kappa shape index (κ3) is 3.71. The van der Waals surface area contributed by atoms with Crippen molar-refractivity contribution in [3.05, 3.63) is 22.8 Å². The molecule has 1 aromatic carbocycles. The molecule has 5 nitrogen and oxygen atoms in total. The standard InChI is InChI=1S/C14H19NO4/c1-8-6-11(9(2)10(7-16)12(8)17)15-13(18)19-14(3,4)5/h6-7,17H,1-5H3,(H,15,18). The number of aldehydes is 1. The van der Waals surface area contributed by atoms with Crippen LogP contribution in [0.2, 0.25) is 0 Å². The number of ether oxygens (including phenoxy) is 1. The molecule has 0 aliphatic heterocycles. The molecule has 0 aromatic heterocycles. The van der Waals surface area contributed by atoms with Gasteiger partial charge in [-0.05, 0) is 51.8 Å². The Hall–Kier alpha value is -2.04. The van der Waals surface area contributed by atoms with Gasteiger partial charge in [-0.2, -0.15) is 0 Å². The van der Waals surface area contributed by atoms with Gasteiger partial charge in [0.1, 0.15) is 11.4 Å². The Morgan fingerprint density at radius 3 is 2.42 bits per heavy atom. The lowest BCUT2D eigenvalue weighted by Gasteiger charge is -2.20. The molecule has 0 spiro atoms. The highest BCUT2D eigenvalue weighted by Gasteiger charge is 2.18. The minimum Gasteiger partial charge on any atom is -0.507 e. The van der Waals surface area contributed by atoms with Crippen LogP contribution < -0.4 is 5.32 Å². The molecule has 0 aliphatic carbocycles. The van der Waals surface area contributed by atoms with E-state index in [9.17, 15) is 14.7 Å². The van der Waals surface area contributed by atoms with Gasteiger partial charge in [0.25, 0.3) is 0 Å². The van der Waals surface area contributed by atoms with Gasteiger partial charge in [0.2, 0.25) is 0 Å². The third-order valence-electron chi connectivity index (χ3n) is 2.55. The quantitative estimate of drug-likeness (QED) is 0.636. The SMILES string of the molecule is Cc1cc(NC(=O)OC(C)(C)C)c(C)c(C=O)c1O. The van der Waals surface area contributed by atoms with Crippen molar-refractivity contribution in [1.82, 2.24) is 0 Å². The topological polar surface area (TPSA) is 75.6 Å². The van der Waals surface area contributed by atoms with Crippen LogP contribution >= 0.6 is 0 Å². The van der Waals surface area contributed by atoms with Gasteiger partial charge in [0.15, 0.2) is 6.29 Å². The number of amides is 1. The molecule has 1 amide bonds. The first-order chi connectivity index (χ1) is 8.65. The van der Waals surface area contributed by atoms with Crippen LogP contribution in [0.5, 0.6) is 5.75 Å². The monoisotopic (exact) mass is 265 g/mol. The van der Waals surface area contributed by atoms with Gasteiger partial charge in [-0.15, -0.1) is 0 Å². The zero-order valence-electron chi connectivity index (χ0n) is 11.8. The minimum atomic E-state index is -0.600. The number of carbonyl (C=O) groups is 2. The summed E-state index contributed by atoms with van der Waals surface area (Å²) >= 11 is 0. The van der Waals surface area contributed by atoms with Crippen molar-refractivity contribution in [2.24, 2.45) is 0 Å². The second-order valence-electron chi connectivity index (χ2n) is 5.37. The maximum Gasteiger partial charge on any atom is 0.412 e. The first kappa shape index (κ1) is 15.0.